The number of hydrogen-bond acceptors (Lipinski definition) is 0. The van der Waals surface area contributed by atoms with Gasteiger partial charge >= 0.3 is 18.5 Å². The molecule has 0 nitrogen and oxygen atoms in total. The second-order valence-electron chi connectivity index (χ2n) is 4.60. The van der Waals surface area contributed by atoms with Crippen LogP contribution in [-0.2, 0) is 5.41 Å². The minimum absolute atomic E-state index is 0.129. The molecular formula is C13H9F9. The summed E-state index contributed by atoms with van der Waals surface area (Å²) < 4.78 is 116. The Balaban J connectivity index is 3.75. The molecule has 0 radical (unpaired) electrons. The van der Waals surface area contributed by atoms with Crippen molar-refractivity contribution in [2.45, 2.75) is 30.9 Å². The molecule has 0 aromatic heterocycles. The molecule has 0 atom stereocenters. The van der Waals surface area contributed by atoms with E-state index in [0.29, 0.717) is 0 Å². The third-order valence-electron chi connectivity index (χ3n) is 3.09. The minimum Gasteiger partial charge on any atom is -0.169 e. The fourth-order valence-electron chi connectivity index (χ4n) is 1.98. The largest absolute Gasteiger partial charge is 0.416 e. The molecule has 0 heterocycles. The zero-order valence-corrected chi connectivity index (χ0v) is 10.9. The third-order valence-corrected chi connectivity index (χ3v) is 3.09. The zero-order chi connectivity index (χ0) is 17.6. The molecule has 9 heteroatoms. The summed E-state index contributed by atoms with van der Waals surface area (Å²) >= 11 is 0. The Hall–Kier alpha value is -1.67. The highest BCUT2D eigenvalue weighted by Crippen LogP contribution is 2.60. The molecule has 1 aromatic rings. The Kier molecular flexibility index (Phi) is 4.35. The van der Waals surface area contributed by atoms with Crippen LogP contribution in [0.25, 0.3) is 5.57 Å². The first kappa shape index (κ1) is 18.4. The van der Waals surface area contributed by atoms with Gasteiger partial charge in [-0.05, 0) is 18.1 Å². The highest BCUT2D eigenvalue weighted by Gasteiger charge is 2.84. The summed E-state index contributed by atoms with van der Waals surface area (Å²) in [5, 5.41) is 0. The van der Waals surface area contributed by atoms with Crippen LogP contribution in [0.1, 0.15) is 18.1 Å². The first-order valence-electron chi connectivity index (χ1n) is 5.63. The van der Waals surface area contributed by atoms with E-state index in [9.17, 15) is 39.5 Å². The summed E-state index contributed by atoms with van der Waals surface area (Å²) in [5.41, 5.74) is -7.47. The molecule has 0 fully saturated rings. The normalized spacial score (nSPS) is 14.1. The molecule has 0 bridgehead atoms. The van der Waals surface area contributed by atoms with Crippen LogP contribution in [0.2, 0.25) is 0 Å². The van der Waals surface area contributed by atoms with E-state index < -0.39 is 29.5 Å². The van der Waals surface area contributed by atoms with Crippen LogP contribution in [0.5, 0.6) is 0 Å². The molecule has 0 spiro atoms. The maximum atomic E-state index is 12.9. The van der Waals surface area contributed by atoms with Gasteiger partial charge in [0.2, 0.25) is 0 Å². The van der Waals surface area contributed by atoms with Gasteiger partial charge in [-0.1, -0.05) is 36.4 Å². The van der Waals surface area contributed by atoms with Crippen molar-refractivity contribution in [2.24, 2.45) is 0 Å². The van der Waals surface area contributed by atoms with Crippen molar-refractivity contribution in [3.63, 3.8) is 0 Å². The lowest BCUT2D eigenvalue weighted by atomic mass is 9.77. The molecular weight excluding hydrogens is 327 g/mol. The zero-order valence-electron chi connectivity index (χ0n) is 10.9. The number of allylic oxidation sites excluding steroid dienone is 1. The first-order chi connectivity index (χ1) is 9.66. The second kappa shape index (κ2) is 5.20. The highest BCUT2D eigenvalue weighted by atomic mass is 19.4. The Bertz CT molecular complexity index is 507. The monoisotopic (exact) mass is 336 g/mol. The van der Waals surface area contributed by atoms with Gasteiger partial charge in [0, 0.05) is 0 Å². The van der Waals surface area contributed by atoms with Crippen molar-refractivity contribution in [2.75, 3.05) is 0 Å². The topological polar surface area (TPSA) is 0 Å². The van der Waals surface area contributed by atoms with Crippen LogP contribution in [0.3, 0.4) is 0 Å². The van der Waals surface area contributed by atoms with Crippen LogP contribution in [0, 0.1) is 0 Å². The highest BCUT2D eigenvalue weighted by molar-refractivity contribution is 5.61. The Morgan fingerprint density at radius 3 is 1.27 bits per heavy atom. The lowest BCUT2D eigenvalue weighted by molar-refractivity contribution is -0.387. The van der Waals surface area contributed by atoms with E-state index in [-0.39, 0.29) is 23.3 Å². The van der Waals surface area contributed by atoms with Crippen LogP contribution in [0.15, 0.2) is 30.8 Å². The standard InChI is InChI=1S/C13H9F9/c1-7(2)8-3-5-9(6-4-8)10(11(14,15)16,12(17,18)19)13(20,21)22/h3-6H,1H2,2H3. The molecule has 0 saturated heterocycles. The van der Waals surface area contributed by atoms with Crippen LogP contribution >= 0.6 is 0 Å². The molecule has 0 N–H and O–H groups in total. The summed E-state index contributed by atoms with van der Waals surface area (Å²) in [5.74, 6) is 0. The Morgan fingerprint density at radius 2 is 1.05 bits per heavy atom. The molecule has 1 aromatic carbocycles. The smallest absolute Gasteiger partial charge is 0.169 e. The lowest BCUT2D eigenvalue weighted by Crippen LogP contribution is -2.63. The maximum Gasteiger partial charge on any atom is 0.416 e. The van der Waals surface area contributed by atoms with E-state index in [2.05, 4.69) is 6.58 Å². The number of halogens is 9. The average Bonchev–Trinajstić information content (AvgIpc) is 2.23. The summed E-state index contributed by atoms with van der Waals surface area (Å²) in [7, 11) is 0. The quantitative estimate of drug-likeness (QED) is 0.613. The van der Waals surface area contributed by atoms with Crippen molar-refractivity contribution in [1.29, 1.82) is 0 Å². The third kappa shape index (κ3) is 2.68. The van der Waals surface area contributed by atoms with E-state index in [1.54, 1.807) is 0 Å². The molecule has 0 amide bonds. The van der Waals surface area contributed by atoms with Crippen molar-refractivity contribution in [3.05, 3.63) is 42.0 Å². The molecule has 22 heavy (non-hydrogen) atoms. The van der Waals surface area contributed by atoms with Crippen LogP contribution < -0.4 is 0 Å². The van der Waals surface area contributed by atoms with Crippen LogP contribution in [-0.4, -0.2) is 18.5 Å². The fraction of sp³-hybridized carbons (Fsp3) is 0.385. The van der Waals surface area contributed by atoms with Gasteiger partial charge < -0.3 is 0 Å². The lowest BCUT2D eigenvalue weighted by Gasteiger charge is -2.38. The Morgan fingerprint density at radius 1 is 0.727 bits per heavy atom. The van der Waals surface area contributed by atoms with Gasteiger partial charge in [0.25, 0.3) is 5.41 Å². The van der Waals surface area contributed by atoms with Gasteiger partial charge in [0.1, 0.15) is 0 Å². The predicted octanol–water partition coefficient (Wildman–Crippen LogP) is 5.64. The molecule has 0 unspecified atom stereocenters. The number of rotatable bonds is 2. The summed E-state index contributed by atoms with van der Waals surface area (Å²) in [6, 6.07) is 1.79. The number of benzene rings is 1. The van der Waals surface area contributed by atoms with E-state index in [1.807, 2.05) is 0 Å². The van der Waals surface area contributed by atoms with Gasteiger partial charge in [0.05, 0.1) is 0 Å². The molecule has 124 valence electrons. The summed E-state index contributed by atoms with van der Waals surface area (Å²) in [6.45, 7) is 4.80. The van der Waals surface area contributed by atoms with Gasteiger partial charge in [-0.2, -0.15) is 39.5 Å². The summed E-state index contributed by atoms with van der Waals surface area (Å²) in [6.07, 6.45) is -19.8. The maximum absolute atomic E-state index is 12.9. The average molecular weight is 336 g/mol. The molecule has 0 aliphatic heterocycles. The van der Waals surface area contributed by atoms with Crippen molar-refractivity contribution in [1.82, 2.24) is 0 Å². The van der Waals surface area contributed by atoms with Crippen molar-refractivity contribution < 1.29 is 39.5 Å². The SMILES string of the molecule is C=C(C)c1ccc(C(C(F)(F)F)(C(F)(F)F)C(F)(F)F)cc1. The molecule has 1 rings (SSSR count). The number of hydrogen-bond donors (Lipinski definition) is 0. The van der Waals surface area contributed by atoms with Gasteiger partial charge in [-0.3, -0.25) is 0 Å². The van der Waals surface area contributed by atoms with Gasteiger partial charge in [-0.25, -0.2) is 0 Å². The van der Waals surface area contributed by atoms with Crippen LogP contribution in [0.4, 0.5) is 39.5 Å². The van der Waals surface area contributed by atoms with E-state index in [1.165, 1.54) is 6.92 Å². The molecule has 0 aliphatic carbocycles. The Labute approximate surface area is 119 Å². The van der Waals surface area contributed by atoms with Crippen molar-refractivity contribution >= 4 is 5.57 Å². The summed E-state index contributed by atoms with van der Waals surface area (Å²) in [4.78, 5) is 0. The fourth-order valence-corrected chi connectivity index (χ4v) is 1.98. The van der Waals surface area contributed by atoms with E-state index in [4.69, 9.17) is 0 Å². The number of alkyl halides is 9. The van der Waals surface area contributed by atoms with E-state index in [0.717, 1.165) is 12.1 Å². The van der Waals surface area contributed by atoms with Crippen molar-refractivity contribution in [3.8, 4) is 0 Å². The molecule has 0 aliphatic rings. The molecule has 0 saturated carbocycles. The van der Waals surface area contributed by atoms with Gasteiger partial charge in [-0.15, -0.1) is 0 Å². The minimum atomic E-state index is -6.60. The predicted molar refractivity (Wildman–Crippen MR) is 61.0 cm³/mol. The second-order valence-corrected chi connectivity index (χ2v) is 4.60. The van der Waals surface area contributed by atoms with E-state index >= 15 is 0 Å². The van der Waals surface area contributed by atoms with Gasteiger partial charge in [0.15, 0.2) is 0 Å². The first-order valence-corrected chi connectivity index (χ1v) is 5.63.